The third-order valence-electron chi connectivity index (χ3n) is 3.00. The van der Waals surface area contributed by atoms with Crippen LogP contribution in [0.4, 0.5) is 5.82 Å². The largest absolute Gasteiger partial charge is 0.507 e. The van der Waals surface area contributed by atoms with E-state index in [1.165, 1.54) is 0 Å². The van der Waals surface area contributed by atoms with Gasteiger partial charge in [0.05, 0.1) is 9.26 Å². The highest BCUT2D eigenvalue weighted by Gasteiger charge is 2.12. The van der Waals surface area contributed by atoms with Crippen molar-refractivity contribution in [3.63, 3.8) is 0 Å². The summed E-state index contributed by atoms with van der Waals surface area (Å²) in [6, 6.07) is 3.81. The van der Waals surface area contributed by atoms with E-state index in [2.05, 4.69) is 37.9 Å². The summed E-state index contributed by atoms with van der Waals surface area (Å²) in [6.07, 6.45) is 0. The van der Waals surface area contributed by atoms with Gasteiger partial charge in [-0.25, -0.2) is 9.97 Å². The van der Waals surface area contributed by atoms with Gasteiger partial charge in [0.15, 0.2) is 5.82 Å². The number of nitrogens with zero attached hydrogens (tertiary/aromatic N) is 2. The lowest BCUT2D eigenvalue weighted by Crippen LogP contribution is -2.03. The third kappa shape index (κ3) is 2.65. The molecule has 0 spiro atoms. The van der Waals surface area contributed by atoms with Crippen LogP contribution in [0.2, 0.25) is 0 Å². The number of rotatable bonds is 2. The number of aromatic nitrogens is 2. The second-order valence-electron chi connectivity index (χ2n) is 4.50. The summed E-state index contributed by atoms with van der Waals surface area (Å²) >= 11 is 2.23. The lowest BCUT2D eigenvalue weighted by atomic mass is 10.1. The number of aromatic hydroxyl groups is 1. The van der Waals surface area contributed by atoms with E-state index >= 15 is 0 Å². The van der Waals surface area contributed by atoms with Crippen LogP contribution in [0.25, 0.3) is 11.4 Å². The number of phenols is 1. The molecule has 2 N–H and O–H groups in total. The van der Waals surface area contributed by atoms with Gasteiger partial charge in [0, 0.05) is 12.6 Å². The number of anilines is 1. The molecule has 0 unspecified atom stereocenters. The van der Waals surface area contributed by atoms with Crippen LogP contribution in [0.5, 0.6) is 5.75 Å². The maximum absolute atomic E-state index is 9.82. The molecular weight excluding hydrogens is 353 g/mol. The van der Waals surface area contributed by atoms with Gasteiger partial charge < -0.3 is 10.4 Å². The highest BCUT2D eigenvalue weighted by Crippen LogP contribution is 2.29. The first-order chi connectivity index (χ1) is 8.93. The van der Waals surface area contributed by atoms with E-state index in [1.807, 2.05) is 40.0 Å². The van der Waals surface area contributed by atoms with Crippen molar-refractivity contribution in [3.05, 3.63) is 32.5 Å². The molecule has 0 amide bonds. The maximum atomic E-state index is 9.82. The zero-order valence-corrected chi connectivity index (χ0v) is 13.5. The third-order valence-corrected chi connectivity index (χ3v) is 4.29. The van der Waals surface area contributed by atoms with Crippen molar-refractivity contribution < 1.29 is 5.11 Å². The van der Waals surface area contributed by atoms with E-state index < -0.39 is 0 Å². The predicted octanol–water partition coefficient (Wildman–Crippen LogP) is 3.42. The van der Waals surface area contributed by atoms with Crippen LogP contribution in [0, 0.1) is 24.3 Å². The molecule has 5 heteroatoms. The molecular formula is C14H16IN3O. The molecule has 0 atom stereocenters. The van der Waals surface area contributed by atoms with Crippen LogP contribution in [-0.2, 0) is 0 Å². The second kappa shape index (κ2) is 5.32. The molecule has 0 saturated carbocycles. The number of nitrogens with one attached hydrogen (secondary N) is 1. The van der Waals surface area contributed by atoms with E-state index in [9.17, 15) is 5.11 Å². The Kier molecular flexibility index (Phi) is 3.93. The van der Waals surface area contributed by atoms with Gasteiger partial charge in [-0.3, -0.25) is 0 Å². The van der Waals surface area contributed by atoms with Crippen molar-refractivity contribution in [3.8, 4) is 17.1 Å². The number of phenolic OH excluding ortho intramolecular Hbond substituents is 1. The smallest absolute Gasteiger partial charge is 0.161 e. The van der Waals surface area contributed by atoms with Crippen LogP contribution in [0.1, 0.15) is 16.8 Å². The topological polar surface area (TPSA) is 58.0 Å². The van der Waals surface area contributed by atoms with Crippen molar-refractivity contribution >= 4 is 28.4 Å². The highest BCUT2D eigenvalue weighted by atomic mass is 127. The molecule has 1 heterocycles. The summed E-state index contributed by atoms with van der Waals surface area (Å²) < 4.78 is 1.02. The van der Waals surface area contributed by atoms with Crippen LogP contribution in [0.15, 0.2) is 12.1 Å². The van der Waals surface area contributed by atoms with Crippen molar-refractivity contribution in [1.29, 1.82) is 0 Å². The van der Waals surface area contributed by atoms with Gasteiger partial charge in [-0.05, 0) is 66.6 Å². The Labute approximate surface area is 126 Å². The Morgan fingerprint density at radius 3 is 2.21 bits per heavy atom. The molecule has 0 aliphatic carbocycles. The predicted molar refractivity (Wildman–Crippen MR) is 85.6 cm³/mol. The van der Waals surface area contributed by atoms with Gasteiger partial charge in [-0.15, -0.1) is 0 Å². The van der Waals surface area contributed by atoms with Crippen LogP contribution in [-0.4, -0.2) is 22.1 Å². The molecule has 0 aliphatic rings. The fraction of sp³-hybridized carbons (Fsp3) is 0.286. The summed E-state index contributed by atoms with van der Waals surface area (Å²) in [6.45, 7) is 5.72. The first-order valence-corrected chi connectivity index (χ1v) is 7.04. The molecule has 0 radical (unpaired) electrons. The molecule has 1 aromatic carbocycles. The molecule has 0 saturated heterocycles. The molecule has 100 valence electrons. The Morgan fingerprint density at radius 2 is 1.68 bits per heavy atom. The van der Waals surface area contributed by atoms with Crippen LogP contribution < -0.4 is 5.32 Å². The van der Waals surface area contributed by atoms with Gasteiger partial charge in [-0.2, -0.15) is 0 Å². The Balaban J connectivity index is 2.62. The summed E-state index contributed by atoms with van der Waals surface area (Å²) in [7, 11) is 1.85. The monoisotopic (exact) mass is 369 g/mol. The normalized spacial score (nSPS) is 10.6. The van der Waals surface area contributed by atoms with Gasteiger partial charge in [0.2, 0.25) is 0 Å². The van der Waals surface area contributed by atoms with Gasteiger partial charge in [0.1, 0.15) is 11.6 Å². The van der Waals surface area contributed by atoms with Crippen molar-refractivity contribution in [1.82, 2.24) is 9.97 Å². The second-order valence-corrected chi connectivity index (χ2v) is 5.58. The summed E-state index contributed by atoms with van der Waals surface area (Å²) in [5, 5.41) is 12.9. The molecule has 0 bridgehead atoms. The highest BCUT2D eigenvalue weighted by molar-refractivity contribution is 14.1. The average Bonchev–Trinajstić information content (AvgIpc) is 2.38. The van der Waals surface area contributed by atoms with E-state index in [0.29, 0.717) is 11.6 Å². The lowest BCUT2D eigenvalue weighted by Gasteiger charge is -2.11. The zero-order chi connectivity index (χ0) is 14.2. The molecule has 0 fully saturated rings. The fourth-order valence-electron chi connectivity index (χ4n) is 1.94. The van der Waals surface area contributed by atoms with Gasteiger partial charge >= 0.3 is 0 Å². The van der Waals surface area contributed by atoms with E-state index in [-0.39, 0.29) is 0 Å². The lowest BCUT2D eigenvalue weighted by molar-refractivity contribution is 0.467. The number of aryl methyl sites for hydroxylation is 3. The number of benzene rings is 1. The van der Waals surface area contributed by atoms with Crippen molar-refractivity contribution in [2.45, 2.75) is 20.8 Å². The summed E-state index contributed by atoms with van der Waals surface area (Å²) in [5.74, 6) is 1.83. The van der Waals surface area contributed by atoms with Crippen LogP contribution in [0.3, 0.4) is 0 Å². The minimum Gasteiger partial charge on any atom is -0.507 e. The molecule has 4 nitrogen and oxygen atoms in total. The first kappa shape index (κ1) is 14.0. The SMILES string of the molecule is CNc1nc(-c2cc(C)c(O)c(C)c2)nc(C)c1I. The van der Waals surface area contributed by atoms with Crippen LogP contribution >= 0.6 is 22.6 Å². The Hall–Kier alpha value is -1.37. The van der Waals surface area contributed by atoms with E-state index in [4.69, 9.17) is 0 Å². The Bertz CT molecular complexity index is 618. The van der Waals surface area contributed by atoms with E-state index in [1.54, 1.807) is 0 Å². The minimum absolute atomic E-state index is 0.333. The van der Waals surface area contributed by atoms with Crippen molar-refractivity contribution in [2.75, 3.05) is 12.4 Å². The number of halogens is 1. The molecule has 1 aromatic heterocycles. The molecule has 0 aliphatic heterocycles. The van der Waals surface area contributed by atoms with Gasteiger partial charge in [0.25, 0.3) is 0 Å². The number of hydrogen-bond acceptors (Lipinski definition) is 4. The quantitative estimate of drug-likeness (QED) is 0.797. The standard InChI is InChI=1S/C14H16IN3O/c1-7-5-10(6-8(2)12(7)19)13-17-9(3)11(15)14(16-4)18-13/h5-6,19H,1-4H3,(H,16,17,18). The zero-order valence-electron chi connectivity index (χ0n) is 11.4. The Morgan fingerprint density at radius 1 is 1.11 bits per heavy atom. The summed E-state index contributed by atoms with van der Waals surface area (Å²) in [5.41, 5.74) is 3.53. The average molecular weight is 369 g/mol. The minimum atomic E-state index is 0.333. The molecule has 19 heavy (non-hydrogen) atoms. The fourth-order valence-corrected chi connectivity index (χ4v) is 2.45. The number of hydrogen-bond donors (Lipinski definition) is 2. The van der Waals surface area contributed by atoms with Crippen molar-refractivity contribution in [2.24, 2.45) is 0 Å². The van der Waals surface area contributed by atoms with E-state index in [0.717, 1.165) is 31.8 Å². The molecule has 2 rings (SSSR count). The maximum Gasteiger partial charge on any atom is 0.161 e. The summed E-state index contributed by atoms with van der Waals surface area (Å²) in [4.78, 5) is 9.05. The first-order valence-electron chi connectivity index (χ1n) is 5.96. The molecule has 2 aromatic rings. The van der Waals surface area contributed by atoms with Gasteiger partial charge in [-0.1, -0.05) is 0 Å².